The number of pyridine rings is 2. The van der Waals surface area contributed by atoms with E-state index in [9.17, 15) is 9.59 Å². The molecule has 0 aliphatic carbocycles. The monoisotopic (exact) mass is 323 g/mol. The van der Waals surface area contributed by atoms with Crippen LogP contribution in [0.5, 0.6) is 0 Å². The molecule has 3 rings (SSSR count). The van der Waals surface area contributed by atoms with E-state index < -0.39 is 11.5 Å². The lowest BCUT2D eigenvalue weighted by Gasteiger charge is -2.07. The highest BCUT2D eigenvalue weighted by atomic mass is 16.2. The van der Waals surface area contributed by atoms with Gasteiger partial charge in [-0.1, -0.05) is 6.07 Å². The van der Waals surface area contributed by atoms with Gasteiger partial charge in [0, 0.05) is 24.6 Å². The van der Waals surface area contributed by atoms with Crippen LogP contribution >= 0.6 is 0 Å². The second kappa shape index (κ2) is 6.49. The van der Waals surface area contributed by atoms with Crippen LogP contribution in [0.15, 0.2) is 47.5 Å². The Balaban J connectivity index is 1.69. The highest BCUT2D eigenvalue weighted by Gasteiger charge is 2.09. The van der Waals surface area contributed by atoms with Gasteiger partial charge in [0.25, 0.3) is 11.5 Å². The zero-order valence-electron chi connectivity index (χ0n) is 13.4. The molecule has 0 spiro atoms. The molecular formula is C17H17N5O2. The van der Waals surface area contributed by atoms with Crippen molar-refractivity contribution in [2.45, 2.75) is 20.4 Å². The van der Waals surface area contributed by atoms with E-state index in [0.29, 0.717) is 0 Å². The molecule has 7 nitrogen and oxygen atoms in total. The Morgan fingerprint density at radius 3 is 2.75 bits per heavy atom. The molecule has 7 heteroatoms. The molecule has 2 N–H and O–H groups in total. The molecule has 122 valence electrons. The lowest BCUT2D eigenvalue weighted by molar-refractivity contribution is 0.0949. The Morgan fingerprint density at radius 1 is 1.29 bits per heavy atom. The van der Waals surface area contributed by atoms with Crippen LogP contribution in [0.1, 0.15) is 27.3 Å². The number of aryl methyl sites for hydroxylation is 2. The second-order valence-electron chi connectivity index (χ2n) is 5.46. The van der Waals surface area contributed by atoms with Gasteiger partial charge in [-0.3, -0.25) is 9.59 Å². The number of amides is 1. The van der Waals surface area contributed by atoms with E-state index in [1.54, 1.807) is 16.9 Å². The molecular weight excluding hydrogens is 306 g/mol. The first-order valence-corrected chi connectivity index (χ1v) is 7.49. The Kier molecular flexibility index (Phi) is 4.24. The van der Waals surface area contributed by atoms with Crippen LogP contribution in [0.3, 0.4) is 0 Å². The number of aromatic amines is 1. The van der Waals surface area contributed by atoms with Crippen LogP contribution < -0.4 is 10.9 Å². The molecule has 0 saturated heterocycles. The number of rotatable bonds is 4. The first-order chi connectivity index (χ1) is 11.5. The molecule has 1 amide bonds. The lowest BCUT2D eigenvalue weighted by atomic mass is 10.2. The van der Waals surface area contributed by atoms with Crippen molar-refractivity contribution in [3.63, 3.8) is 0 Å². The lowest BCUT2D eigenvalue weighted by Crippen LogP contribution is -2.28. The average Bonchev–Trinajstić information content (AvgIpc) is 2.92. The number of H-pyrrole nitrogens is 1. The fourth-order valence-electron chi connectivity index (χ4n) is 2.39. The summed E-state index contributed by atoms with van der Waals surface area (Å²) in [5.74, 6) is 0.301. The molecule has 3 aromatic heterocycles. The van der Waals surface area contributed by atoms with Crippen molar-refractivity contribution in [2.75, 3.05) is 0 Å². The van der Waals surface area contributed by atoms with Gasteiger partial charge in [-0.15, -0.1) is 0 Å². The molecule has 0 bridgehead atoms. The third-order valence-electron chi connectivity index (χ3n) is 3.55. The van der Waals surface area contributed by atoms with Gasteiger partial charge in [-0.05, 0) is 43.7 Å². The quantitative estimate of drug-likeness (QED) is 0.761. The smallest absolute Gasteiger partial charge is 0.260 e. The Bertz CT molecular complexity index is 925. The maximum absolute atomic E-state index is 12.0. The normalized spacial score (nSPS) is 10.6. The van der Waals surface area contributed by atoms with Gasteiger partial charge in [-0.2, -0.15) is 5.10 Å². The van der Waals surface area contributed by atoms with Crippen LogP contribution in [-0.4, -0.2) is 25.7 Å². The molecule has 0 atom stereocenters. The van der Waals surface area contributed by atoms with Crippen LogP contribution in [0.25, 0.3) is 5.82 Å². The second-order valence-corrected chi connectivity index (χ2v) is 5.46. The first-order valence-electron chi connectivity index (χ1n) is 7.49. The number of aromatic nitrogens is 4. The average molecular weight is 323 g/mol. The Hall–Kier alpha value is -3.22. The van der Waals surface area contributed by atoms with Gasteiger partial charge >= 0.3 is 0 Å². The van der Waals surface area contributed by atoms with Crippen molar-refractivity contribution < 1.29 is 4.79 Å². The highest BCUT2D eigenvalue weighted by molar-refractivity contribution is 5.93. The van der Waals surface area contributed by atoms with Gasteiger partial charge in [-0.25, -0.2) is 9.67 Å². The van der Waals surface area contributed by atoms with Crippen molar-refractivity contribution >= 4 is 5.91 Å². The number of nitrogens with one attached hydrogen (secondary N) is 2. The number of hydrogen-bond acceptors (Lipinski definition) is 4. The van der Waals surface area contributed by atoms with Gasteiger partial charge in [0.2, 0.25) is 0 Å². The predicted octanol–water partition coefficient (Wildman–Crippen LogP) is 1.50. The molecule has 0 unspecified atom stereocenters. The highest BCUT2D eigenvalue weighted by Crippen LogP contribution is 2.10. The van der Waals surface area contributed by atoms with Crippen LogP contribution in [-0.2, 0) is 6.54 Å². The maximum atomic E-state index is 12.0. The van der Waals surface area contributed by atoms with Crippen molar-refractivity contribution in [3.05, 3.63) is 75.6 Å². The van der Waals surface area contributed by atoms with Crippen LogP contribution in [0, 0.1) is 13.8 Å². The summed E-state index contributed by atoms with van der Waals surface area (Å²) < 4.78 is 1.77. The topological polar surface area (TPSA) is 92.7 Å². The predicted molar refractivity (Wildman–Crippen MR) is 89.1 cm³/mol. The minimum Gasteiger partial charge on any atom is -0.348 e. The van der Waals surface area contributed by atoms with Crippen molar-refractivity contribution in [3.8, 4) is 5.82 Å². The summed E-state index contributed by atoms with van der Waals surface area (Å²) in [5.41, 5.74) is 2.45. The largest absolute Gasteiger partial charge is 0.348 e. The molecule has 0 saturated carbocycles. The fraction of sp³-hybridized carbons (Fsp3) is 0.176. The SMILES string of the molecule is Cc1cc(C)n(-c2ccc(CNC(=O)c3ccc[nH]c3=O)cn2)n1. The van der Waals surface area contributed by atoms with Gasteiger partial charge in [0.15, 0.2) is 5.82 Å². The number of carbonyl (C=O) groups is 1. The van der Waals surface area contributed by atoms with E-state index in [-0.39, 0.29) is 12.1 Å². The van der Waals surface area contributed by atoms with E-state index in [4.69, 9.17) is 0 Å². The summed E-state index contributed by atoms with van der Waals surface area (Å²) in [6.07, 6.45) is 3.17. The minimum absolute atomic E-state index is 0.0877. The summed E-state index contributed by atoms with van der Waals surface area (Å²) in [5, 5.41) is 7.09. The van der Waals surface area contributed by atoms with Gasteiger partial charge in [0.05, 0.1) is 5.69 Å². The van der Waals surface area contributed by atoms with E-state index in [2.05, 4.69) is 20.4 Å². The van der Waals surface area contributed by atoms with E-state index in [1.807, 2.05) is 32.0 Å². The van der Waals surface area contributed by atoms with Gasteiger partial charge in [0.1, 0.15) is 5.56 Å². The summed E-state index contributed by atoms with van der Waals surface area (Å²) >= 11 is 0. The third kappa shape index (κ3) is 3.24. The molecule has 24 heavy (non-hydrogen) atoms. The van der Waals surface area contributed by atoms with Crippen molar-refractivity contribution in [1.82, 2.24) is 25.1 Å². The fourth-order valence-corrected chi connectivity index (χ4v) is 2.39. The molecule has 0 aliphatic heterocycles. The molecule has 0 aromatic carbocycles. The first kappa shape index (κ1) is 15.7. The standard InChI is InChI=1S/C17H17N5O2/c1-11-8-12(2)22(21-11)15-6-5-13(9-19-15)10-20-17(24)14-4-3-7-18-16(14)23/h3-9H,10H2,1-2H3,(H,18,23)(H,20,24). The van der Waals surface area contributed by atoms with Gasteiger partial charge < -0.3 is 10.3 Å². The molecule has 0 fully saturated rings. The molecule has 3 heterocycles. The zero-order valence-corrected chi connectivity index (χ0v) is 13.4. The summed E-state index contributed by atoms with van der Waals surface area (Å²) in [7, 11) is 0. The molecule has 0 aliphatic rings. The number of hydrogen-bond donors (Lipinski definition) is 2. The van der Waals surface area contributed by atoms with E-state index in [0.717, 1.165) is 22.8 Å². The van der Waals surface area contributed by atoms with Crippen molar-refractivity contribution in [2.24, 2.45) is 0 Å². The van der Waals surface area contributed by atoms with Crippen LogP contribution in [0.4, 0.5) is 0 Å². The summed E-state index contributed by atoms with van der Waals surface area (Å²) in [4.78, 5) is 30.4. The number of nitrogens with zero attached hydrogens (tertiary/aromatic N) is 3. The maximum Gasteiger partial charge on any atom is 0.260 e. The Labute approximate surface area is 138 Å². The molecule has 3 aromatic rings. The van der Waals surface area contributed by atoms with Crippen LogP contribution in [0.2, 0.25) is 0 Å². The van der Waals surface area contributed by atoms with Crippen molar-refractivity contribution in [1.29, 1.82) is 0 Å². The third-order valence-corrected chi connectivity index (χ3v) is 3.55. The minimum atomic E-state index is -0.417. The summed E-state index contributed by atoms with van der Waals surface area (Å²) in [6.45, 7) is 4.18. The van der Waals surface area contributed by atoms with E-state index >= 15 is 0 Å². The zero-order chi connectivity index (χ0) is 17.1. The Morgan fingerprint density at radius 2 is 2.12 bits per heavy atom. The van der Waals surface area contributed by atoms with E-state index in [1.165, 1.54) is 12.3 Å². The number of carbonyl (C=O) groups excluding carboxylic acids is 1. The molecule has 0 radical (unpaired) electrons. The summed E-state index contributed by atoms with van der Waals surface area (Å²) in [6, 6.07) is 8.79.